The smallest absolute Gasteiger partial charge is 0.417 e. The zero-order valence-corrected chi connectivity index (χ0v) is 44.0. The largest absolute Gasteiger partial charge is 0.476 e. The van der Waals surface area contributed by atoms with Gasteiger partial charge in [-0.3, -0.25) is 14.4 Å². The fourth-order valence-electron chi connectivity index (χ4n) is 9.17. The van der Waals surface area contributed by atoms with E-state index in [1.807, 2.05) is 36.4 Å². The average Bonchev–Trinajstić information content (AvgIpc) is 3.38. The van der Waals surface area contributed by atoms with Gasteiger partial charge in [0.2, 0.25) is 0 Å². The predicted octanol–water partition coefficient (Wildman–Crippen LogP) is 10.5. The molecule has 2 N–H and O–H groups in total. The Bertz CT molecular complexity index is 2780. The van der Waals surface area contributed by atoms with E-state index in [0.29, 0.717) is 24.8 Å². The van der Waals surface area contributed by atoms with E-state index in [4.69, 9.17) is 18.9 Å². The van der Waals surface area contributed by atoms with Gasteiger partial charge in [-0.25, -0.2) is 14.4 Å². The van der Waals surface area contributed by atoms with Crippen molar-refractivity contribution in [1.29, 1.82) is 0 Å². The molecule has 2 heterocycles. The molecule has 2 aliphatic heterocycles. The number of ether oxygens (including phenoxy) is 5. The highest BCUT2D eigenvalue weighted by Gasteiger charge is 2.47. The first-order chi connectivity index (χ1) is 36.1. The second kappa shape index (κ2) is 24.2. The van der Waals surface area contributed by atoms with Crippen LogP contribution in [0.15, 0.2) is 84.9 Å². The molecule has 0 atom stereocenters. The van der Waals surface area contributed by atoms with Crippen molar-refractivity contribution in [3.63, 3.8) is 0 Å². The highest BCUT2D eigenvalue weighted by atomic mass is 19.4. The molecule has 3 aliphatic rings. The Morgan fingerprint density at radius 3 is 1.45 bits per heavy atom. The minimum atomic E-state index is -4.86. The second-order valence-corrected chi connectivity index (χ2v) is 20.1. The first kappa shape index (κ1) is 58.7. The number of methoxy groups -OCH3 is 1. The van der Waals surface area contributed by atoms with Gasteiger partial charge < -0.3 is 49.0 Å². The third-order valence-electron chi connectivity index (χ3n) is 13.1. The van der Waals surface area contributed by atoms with Crippen molar-refractivity contribution in [3.05, 3.63) is 118 Å². The number of fused-ring (bicyclic) bond motifs is 2. The van der Waals surface area contributed by atoms with Crippen LogP contribution in [0.2, 0.25) is 0 Å². The molecule has 1 aliphatic carbocycles. The number of anilines is 2. The van der Waals surface area contributed by atoms with Crippen molar-refractivity contribution in [2.24, 2.45) is 5.92 Å². The number of carbonyl (C=O) groups excluding carboxylic acids is 6. The van der Waals surface area contributed by atoms with Crippen LogP contribution in [0, 0.1) is 5.92 Å². The van der Waals surface area contributed by atoms with E-state index in [1.54, 1.807) is 43.0 Å². The molecule has 16 nitrogen and oxygen atoms in total. The molecule has 1 fully saturated rings. The fourth-order valence-corrected chi connectivity index (χ4v) is 9.17. The van der Waals surface area contributed by atoms with Crippen LogP contribution in [0.3, 0.4) is 0 Å². The third kappa shape index (κ3) is 14.5. The first-order valence-electron chi connectivity index (χ1n) is 25.0. The molecule has 22 heteroatoms. The zero-order valence-electron chi connectivity index (χ0n) is 44.0. The highest BCUT2D eigenvalue weighted by Crippen LogP contribution is 2.46. The van der Waals surface area contributed by atoms with Gasteiger partial charge >= 0.3 is 30.5 Å². The summed E-state index contributed by atoms with van der Waals surface area (Å²) in [6.07, 6.45) is -7.92. The number of carbonyl (C=O) groups is 6. The Labute approximate surface area is 442 Å². The molecule has 5 amide bonds. The molecule has 4 aromatic carbocycles. The van der Waals surface area contributed by atoms with Gasteiger partial charge in [0, 0.05) is 38.3 Å². The summed E-state index contributed by atoms with van der Waals surface area (Å²) in [5.41, 5.74) is -5.02. The quantitative estimate of drug-likeness (QED) is 0.0696. The third-order valence-corrected chi connectivity index (χ3v) is 13.1. The van der Waals surface area contributed by atoms with E-state index < -0.39 is 81.7 Å². The van der Waals surface area contributed by atoms with Crippen molar-refractivity contribution in [3.8, 4) is 11.5 Å². The van der Waals surface area contributed by atoms with Crippen molar-refractivity contribution in [1.82, 2.24) is 15.5 Å². The van der Waals surface area contributed by atoms with E-state index in [1.165, 1.54) is 32.6 Å². The van der Waals surface area contributed by atoms with E-state index in [-0.39, 0.29) is 74.4 Å². The summed E-state index contributed by atoms with van der Waals surface area (Å²) < 4.78 is 110. The van der Waals surface area contributed by atoms with Gasteiger partial charge in [-0.1, -0.05) is 67.6 Å². The Balaban J connectivity index is 0.000000257. The second-order valence-electron chi connectivity index (χ2n) is 20.1. The normalized spacial score (nSPS) is 17.5. The van der Waals surface area contributed by atoms with E-state index in [9.17, 15) is 55.1 Å². The lowest BCUT2D eigenvalue weighted by molar-refractivity contribution is -0.139. The number of alkyl carbamates (subject to hydrolysis) is 2. The SMILES string of the molecule is CC1CCC(N(C(=O)c2cc3c(cc2C(F)(F)F)OC(C)(C)C(=O)N3CCNC(=O)OCc2ccccc2)C(C)C)CC1.COC(=O)c1cc2c(cc1C(F)(F)F)OC(C)(C)C(=O)N2CCNC(=O)OCc1ccccc1. The molecule has 4 aromatic rings. The molecular weight excluding hydrogens is 1020 g/mol. The topological polar surface area (TPSA) is 182 Å². The van der Waals surface area contributed by atoms with Crippen molar-refractivity contribution >= 4 is 47.3 Å². The summed E-state index contributed by atoms with van der Waals surface area (Å²) >= 11 is 0. The molecule has 1 saturated carbocycles. The van der Waals surface area contributed by atoms with E-state index in [0.717, 1.165) is 54.2 Å². The van der Waals surface area contributed by atoms with Crippen LogP contribution in [-0.2, 0) is 49.4 Å². The van der Waals surface area contributed by atoms with Crippen molar-refractivity contribution < 1.29 is 78.8 Å². The number of benzene rings is 4. The summed E-state index contributed by atoms with van der Waals surface area (Å²) in [5.74, 6) is -2.91. The lowest BCUT2D eigenvalue weighted by Crippen LogP contribution is -2.54. The molecule has 0 spiro atoms. The zero-order chi connectivity index (χ0) is 56.6. The minimum Gasteiger partial charge on any atom is -0.476 e. The van der Waals surface area contributed by atoms with Gasteiger partial charge in [-0.15, -0.1) is 0 Å². The van der Waals surface area contributed by atoms with Crippen LogP contribution in [-0.4, -0.2) is 97.4 Å². The Morgan fingerprint density at radius 1 is 0.662 bits per heavy atom. The maximum Gasteiger partial charge on any atom is 0.417 e. The number of alkyl halides is 6. The number of nitrogens with zero attached hydrogens (tertiary/aromatic N) is 3. The van der Waals surface area contributed by atoms with Gasteiger partial charge in [0.05, 0.1) is 40.7 Å². The maximum atomic E-state index is 14.4. The molecule has 416 valence electrons. The lowest BCUT2D eigenvalue weighted by atomic mass is 9.85. The number of rotatable bonds is 14. The molecule has 0 saturated heterocycles. The van der Waals surface area contributed by atoms with Gasteiger partial charge in [0.25, 0.3) is 17.7 Å². The van der Waals surface area contributed by atoms with Gasteiger partial charge in [0.15, 0.2) is 11.2 Å². The molecule has 0 aromatic heterocycles. The Hall–Kier alpha value is -7.52. The standard InChI is InChI=1S/C32H40F3N3O5.C23H23F3N2O6/c1-20(2)38(23-13-11-21(3)12-14-23)28(39)24-17-26-27(18-25(24)32(33,34)35)43-31(4,5)29(40)37(26)16-15-36-30(41)42-19-22-9-7-6-8-10-22;1-22(2)20(30)28(10-9-27-21(31)33-13-14-7-5-4-6-8-14)17-11-15(19(29)32-3)16(23(24,25)26)12-18(17)34-22/h6-10,17-18,20-21,23H,11-16,19H2,1-5H3,(H,36,41);4-8,11-12H,9-10,13H2,1-3H3,(H,27,31). The van der Waals surface area contributed by atoms with Gasteiger partial charge in [-0.05, 0) is 109 Å². The minimum absolute atomic E-state index is 0.0427. The van der Waals surface area contributed by atoms with Crippen LogP contribution in [0.5, 0.6) is 11.5 Å². The molecule has 0 radical (unpaired) electrons. The molecular formula is C55H63F6N5O11. The van der Waals surface area contributed by atoms with Crippen molar-refractivity contribution in [2.75, 3.05) is 43.1 Å². The summed E-state index contributed by atoms with van der Waals surface area (Å²) in [5, 5.41) is 5.08. The number of hydrogen-bond acceptors (Lipinski definition) is 11. The number of hydrogen-bond donors (Lipinski definition) is 2. The van der Waals surface area contributed by atoms with Crippen LogP contribution in [0.4, 0.5) is 47.3 Å². The van der Waals surface area contributed by atoms with Crippen LogP contribution < -0.4 is 29.9 Å². The van der Waals surface area contributed by atoms with Crippen molar-refractivity contribution in [2.45, 2.75) is 123 Å². The summed E-state index contributed by atoms with van der Waals surface area (Å²) in [7, 11) is 0.954. The van der Waals surface area contributed by atoms with E-state index in [2.05, 4.69) is 22.3 Å². The summed E-state index contributed by atoms with van der Waals surface area (Å²) in [6, 6.07) is 21.1. The molecule has 77 heavy (non-hydrogen) atoms. The van der Waals surface area contributed by atoms with Gasteiger partial charge in [-0.2, -0.15) is 26.3 Å². The molecule has 0 unspecified atom stereocenters. The lowest BCUT2D eigenvalue weighted by Gasteiger charge is -2.41. The van der Waals surface area contributed by atoms with Gasteiger partial charge in [0.1, 0.15) is 24.7 Å². The average molecular weight is 1080 g/mol. The Morgan fingerprint density at radius 2 is 1.06 bits per heavy atom. The summed E-state index contributed by atoms with van der Waals surface area (Å²) in [6.45, 7) is 11.3. The van der Waals surface area contributed by atoms with Crippen LogP contribution >= 0.6 is 0 Å². The van der Waals surface area contributed by atoms with E-state index >= 15 is 0 Å². The highest BCUT2D eigenvalue weighted by molar-refractivity contribution is 6.06. The number of amides is 5. The predicted molar refractivity (Wildman–Crippen MR) is 270 cm³/mol. The maximum absolute atomic E-state index is 14.4. The number of halogens is 6. The van der Waals surface area contributed by atoms with Crippen LogP contribution in [0.25, 0.3) is 0 Å². The number of nitrogens with one attached hydrogen (secondary N) is 2. The summed E-state index contributed by atoms with van der Waals surface area (Å²) in [4.78, 5) is 80.6. The molecule has 0 bridgehead atoms. The number of esters is 1. The fraction of sp³-hybridized carbons (Fsp3) is 0.455. The van der Waals surface area contributed by atoms with Crippen LogP contribution in [0.1, 0.15) is 117 Å². The Kier molecular flexibility index (Phi) is 18.5. The first-order valence-corrected chi connectivity index (χ1v) is 25.0. The monoisotopic (exact) mass is 1080 g/mol. The molecule has 7 rings (SSSR count).